The van der Waals surface area contributed by atoms with E-state index >= 15 is 0 Å². The molecule has 0 aromatic rings. The Bertz CT molecular complexity index is 262. The largest absolute Gasteiger partial charge is 0.359 e. The Labute approximate surface area is 115 Å². The smallest absolute Gasteiger partial charge is 0.146 e. The molecule has 1 unspecified atom stereocenters. The van der Waals surface area contributed by atoms with Crippen molar-refractivity contribution < 1.29 is 9.47 Å². The number of hydrogen-bond acceptors (Lipinski definition) is 3. The van der Waals surface area contributed by atoms with Crippen molar-refractivity contribution in [1.29, 1.82) is 0 Å². The summed E-state index contributed by atoms with van der Waals surface area (Å²) in [5.41, 5.74) is 0. The first-order valence-electron chi connectivity index (χ1n) is 6.41. The van der Waals surface area contributed by atoms with Gasteiger partial charge in [0.25, 0.3) is 0 Å². The van der Waals surface area contributed by atoms with Gasteiger partial charge in [-0.05, 0) is 5.29 Å². The third-order valence-corrected chi connectivity index (χ3v) is 11.8. The highest BCUT2D eigenvalue weighted by molar-refractivity contribution is 6.96. The molecule has 0 aliphatic rings. The van der Waals surface area contributed by atoms with Crippen LogP contribution in [-0.2, 0) is 9.47 Å². The fourth-order valence-electron chi connectivity index (χ4n) is 2.39. The minimum absolute atomic E-state index is 0.0244. The van der Waals surface area contributed by atoms with E-state index in [-0.39, 0.29) is 6.04 Å². The van der Waals surface area contributed by atoms with E-state index < -0.39 is 16.1 Å². The highest BCUT2D eigenvalue weighted by Crippen LogP contribution is 2.19. The molecule has 0 aliphatic carbocycles. The van der Waals surface area contributed by atoms with Gasteiger partial charge in [0.1, 0.15) is 6.79 Å². The van der Waals surface area contributed by atoms with Gasteiger partial charge in [-0.3, -0.25) is 0 Å². The maximum absolute atomic E-state index is 5.59. The fraction of sp³-hybridized carbons (Fsp3) is 0.846. The summed E-state index contributed by atoms with van der Waals surface area (Å²) in [5.74, 6) is 2.79. The zero-order valence-corrected chi connectivity index (χ0v) is 15.0. The molecular formula is C13H29NO2Si2. The van der Waals surface area contributed by atoms with Crippen molar-refractivity contribution in [3.63, 3.8) is 0 Å². The van der Waals surface area contributed by atoms with Gasteiger partial charge in [-0.2, -0.15) is 0 Å². The number of hydrogen-bond donors (Lipinski definition) is 1. The van der Waals surface area contributed by atoms with Gasteiger partial charge in [-0.1, -0.05) is 45.2 Å². The maximum Gasteiger partial charge on any atom is 0.146 e. The Morgan fingerprint density at radius 2 is 1.61 bits per heavy atom. The van der Waals surface area contributed by atoms with Crippen LogP contribution in [0.2, 0.25) is 39.3 Å². The Morgan fingerprint density at radius 3 is 1.94 bits per heavy atom. The predicted octanol–water partition coefficient (Wildman–Crippen LogP) is 2.32. The summed E-state index contributed by atoms with van der Waals surface area (Å²) >= 11 is 0. The van der Waals surface area contributed by atoms with Crippen LogP contribution in [0.25, 0.3) is 0 Å². The van der Waals surface area contributed by atoms with E-state index in [4.69, 9.17) is 15.9 Å². The highest BCUT2D eigenvalue weighted by atomic mass is 28.4. The lowest BCUT2D eigenvalue weighted by Crippen LogP contribution is -2.64. The molecule has 1 atom stereocenters. The third kappa shape index (κ3) is 6.71. The Hall–Kier alpha value is -0.126. The van der Waals surface area contributed by atoms with Crippen LogP contribution in [0.5, 0.6) is 0 Å². The molecular weight excluding hydrogens is 258 g/mol. The lowest BCUT2D eigenvalue weighted by Gasteiger charge is -2.40. The summed E-state index contributed by atoms with van der Waals surface area (Å²) in [6, 6.07) is -0.0244. The first kappa shape index (κ1) is 17.9. The molecule has 0 radical (unpaired) electrons. The summed E-state index contributed by atoms with van der Waals surface area (Å²) < 4.78 is 10.2. The molecule has 1 N–H and O–H groups in total. The number of rotatable bonds is 8. The van der Waals surface area contributed by atoms with Crippen LogP contribution in [0.15, 0.2) is 0 Å². The molecule has 0 amide bonds. The Kier molecular flexibility index (Phi) is 7.41. The molecule has 0 aliphatic heterocycles. The molecule has 0 bridgehead atoms. The van der Waals surface area contributed by atoms with Crippen molar-refractivity contribution in [3.05, 3.63) is 0 Å². The summed E-state index contributed by atoms with van der Waals surface area (Å²) in [7, 11) is -0.944. The molecule has 5 heteroatoms. The number of nitrogens with one attached hydrogen (secondary N) is 1. The molecule has 0 rings (SSSR count). The van der Waals surface area contributed by atoms with Crippen molar-refractivity contribution in [2.75, 3.05) is 20.5 Å². The SMILES string of the molecule is C#CC(COCOC)NC([Si](C)(C)C)[Si](C)(C)C. The normalized spacial score (nSPS) is 14.6. The van der Waals surface area contributed by atoms with Gasteiger partial charge in [-0.25, -0.2) is 0 Å². The topological polar surface area (TPSA) is 30.5 Å². The van der Waals surface area contributed by atoms with E-state index in [1.54, 1.807) is 7.11 Å². The summed E-state index contributed by atoms with van der Waals surface area (Å²) in [4.78, 5) is 0. The number of ether oxygens (including phenoxy) is 2. The van der Waals surface area contributed by atoms with Crippen molar-refractivity contribution in [1.82, 2.24) is 5.32 Å². The molecule has 0 saturated heterocycles. The van der Waals surface area contributed by atoms with Crippen LogP contribution in [-0.4, -0.2) is 48.0 Å². The molecule has 106 valence electrons. The van der Waals surface area contributed by atoms with Crippen molar-refractivity contribution >= 4 is 16.1 Å². The van der Waals surface area contributed by atoms with Crippen LogP contribution in [0.3, 0.4) is 0 Å². The third-order valence-electron chi connectivity index (χ3n) is 2.79. The summed E-state index contributed by atoms with van der Waals surface area (Å²) in [6.07, 6.45) is 5.59. The first-order chi connectivity index (χ1) is 8.12. The molecule has 0 aromatic carbocycles. The van der Waals surface area contributed by atoms with Crippen LogP contribution in [0, 0.1) is 12.3 Å². The second-order valence-corrected chi connectivity index (χ2v) is 18.0. The molecule has 0 spiro atoms. The van der Waals surface area contributed by atoms with Gasteiger partial charge in [0.2, 0.25) is 0 Å². The second-order valence-electron chi connectivity index (χ2n) is 6.83. The monoisotopic (exact) mass is 287 g/mol. The summed E-state index contributed by atoms with van der Waals surface area (Å²) in [5, 5.41) is 4.23. The molecule has 0 saturated carbocycles. The molecule has 0 heterocycles. The van der Waals surface area contributed by atoms with Crippen LogP contribution in [0.4, 0.5) is 0 Å². The second kappa shape index (κ2) is 7.46. The number of terminal acetylenes is 1. The van der Waals surface area contributed by atoms with E-state index in [0.717, 1.165) is 0 Å². The van der Waals surface area contributed by atoms with Crippen LogP contribution >= 0.6 is 0 Å². The zero-order valence-electron chi connectivity index (χ0n) is 13.0. The lowest BCUT2D eigenvalue weighted by atomic mass is 10.3. The summed E-state index contributed by atoms with van der Waals surface area (Å²) in [6.45, 7) is 15.2. The van der Waals surface area contributed by atoms with Gasteiger partial charge < -0.3 is 14.8 Å². The van der Waals surface area contributed by atoms with Crippen molar-refractivity contribution in [2.45, 2.75) is 50.6 Å². The van der Waals surface area contributed by atoms with Gasteiger partial charge in [0.05, 0.1) is 28.8 Å². The Balaban J connectivity index is 4.61. The highest BCUT2D eigenvalue weighted by Gasteiger charge is 2.38. The van der Waals surface area contributed by atoms with E-state index in [1.807, 2.05) is 0 Å². The van der Waals surface area contributed by atoms with E-state index in [9.17, 15) is 0 Å². The minimum Gasteiger partial charge on any atom is -0.359 e. The molecule has 0 fully saturated rings. The number of methoxy groups -OCH3 is 1. The zero-order chi connectivity index (χ0) is 14.4. The van der Waals surface area contributed by atoms with Crippen molar-refractivity contribution in [2.24, 2.45) is 0 Å². The van der Waals surface area contributed by atoms with E-state index in [0.29, 0.717) is 18.7 Å². The van der Waals surface area contributed by atoms with Gasteiger partial charge >= 0.3 is 0 Å². The fourth-order valence-corrected chi connectivity index (χ4v) is 14.2. The van der Waals surface area contributed by atoms with Crippen LogP contribution < -0.4 is 5.32 Å². The van der Waals surface area contributed by atoms with Gasteiger partial charge in [0, 0.05) is 7.11 Å². The molecule has 18 heavy (non-hydrogen) atoms. The molecule has 0 aromatic heterocycles. The lowest BCUT2D eigenvalue weighted by molar-refractivity contribution is -0.0335. The quantitative estimate of drug-likeness (QED) is 0.322. The average molecular weight is 288 g/mol. The molecule has 3 nitrogen and oxygen atoms in total. The first-order valence-corrected chi connectivity index (χ1v) is 13.6. The minimum atomic E-state index is -1.28. The van der Waals surface area contributed by atoms with Crippen LogP contribution in [0.1, 0.15) is 0 Å². The van der Waals surface area contributed by atoms with Gasteiger partial charge in [-0.15, -0.1) is 6.42 Å². The maximum atomic E-state index is 5.59. The average Bonchev–Trinajstić information content (AvgIpc) is 2.19. The standard InChI is InChI=1S/C13H29NO2Si2/c1-9-12(10-16-11-15-2)14-13(17(3,4)5)18(6,7)8/h1,12-14H,10-11H2,2-8H3. The van der Waals surface area contributed by atoms with Crippen molar-refractivity contribution in [3.8, 4) is 12.3 Å². The van der Waals surface area contributed by atoms with E-state index in [2.05, 4.69) is 50.5 Å². The Morgan fingerprint density at radius 1 is 1.11 bits per heavy atom. The predicted molar refractivity (Wildman–Crippen MR) is 84.1 cm³/mol. The van der Waals surface area contributed by atoms with Gasteiger partial charge in [0.15, 0.2) is 0 Å². The van der Waals surface area contributed by atoms with E-state index in [1.165, 1.54) is 0 Å².